The Kier molecular flexibility index (Phi) is 5.86. The third-order valence-electron chi connectivity index (χ3n) is 4.75. The molecule has 0 saturated carbocycles. The maximum atomic E-state index is 12.5. The van der Waals surface area contributed by atoms with Gasteiger partial charge in [0.1, 0.15) is 16.5 Å². The second-order valence-corrected chi connectivity index (χ2v) is 7.76. The molecule has 2 N–H and O–H groups in total. The van der Waals surface area contributed by atoms with Crippen LogP contribution < -0.4 is 5.32 Å². The summed E-state index contributed by atoms with van der Waals surface area (Å²) < 4.78 is 1.58. The first kappa shape index (κ1) is 21.4. The molecule has 0 aliphatic heterocycles. The number of aliphatic hydroxyl groups excluding tert-OH is 1. The average molecular weight is 447 g/mol. The molecule has 0 radical (unpaired) electrons. The Balaban J connectivity index is 1.95. The monoisotopic (exact) mass is 446 g/mol. The van der Waals surface area contributed by atoms with Gasteiger partial charge in [-0.05, 0) is 49.7 Å². The van der Waals surface area contributed by atoms with Crippen molar-refractivity contribution in [2.45, 2.75) is 20.0 Å². The van der Waals surface area contributed by atoms with Gasteiger partial charge in [0.15, 0.2) is 5.65 Å². The minimum absolute atomic E-state index is 0.114. The minimum atomic E-state index is -0.672. The first-order chi connectivity index (χ1) is 15.4. The normalized spacial score (nSPS) is 11.8. The number of rotatable bonds is 5. The van der Waals surface area contributed by atoms with Crippen molar-refractivity contribution in [1.82, 2.24) is 24.9 Å². The largest absolute Gasteiger partial charge is 0.392 e. The van der Waals surface area contributed by atoms with E-state index in [1.807, 2.05) is 19.1 Å². The van der Waals surface area contributed by atoms with Gasteiger partial charge in [-0.1, -0.05) is 23.7 Å². The highest BCUT2D eigenvalue weighted by Crippen LogP contribution is 2.35. The van der Waals surface area contributed by atoms with Crippen LogP contribution in [-0.4, -0.2) is 43.2 Å². The molecule has 3 aromatic heterocycles. The van der Waals surface area contributed by atoms with Crippen LogP contribution in [0.2, 0.25) is 5.15 Å². The molecule has 0 saturated heterocycles. The number of aryl methyl sites for hydroxylation is 1. The molecular weight excluding hydrogens is 428 g/mol. The molecule has 1 unspecified atom stereocenters. The zero-order valence-electron chi connectivity index (χ0n) is 17.4. The van der Waals surface area contributed by atoms with Gasteiger partial charge >= 0.3 is 0 Å². The predicted octanol–water partition coefficient (Wildman–Crippen LogP) is 3.40. The SMILES string of the molecule is Cc1cc(-c2c(-c3cccc(C#N)c3)nn3ccc(C(=O)NCC(C)O)nc23)cc(Cl)n1. The number of hydrogen-bond acceptors (Lipinski definition) is 6. The Hall–Kier alpha value is -3.80. The Labute approximate surface area is 189 Å². The summed E-state index contributed by atoms with van der Waals surface area (Å²) >= 11 is 6.23. The van der Waals surface area contributed by atoms with Crippen LogP contribution in [0.5, 0.6) is 0 Å². The van der Waals surface area contributed by atoms with Crippen molar-refractivity contribution in [3.8, 4) is 28.5 Å². The molecule has 1 amide bonds. The topological polar surface area (TPSA) is 116 Å². The third-order valence-corrected chi connectivity index (χ3v) is 4.95. The average Bonchev–Trinajstić information content (AvgIpc) is 3.15. The van der Waals surface area contributed by atoms with Crippen LogP contribution in [0, 0.1) is 18.3 Å². The van der Waals surface area contributed by atoms with E-state index in [1.54, 1.807) is 48.0 Å². The van der Waals surface area contributed by atoms with Gasteiger partial charge in [-0.15, -0.1) is 0 Å². The van der Waals surface area contributed by atoms with Crippen molar-refractivity contribution < 1.29 is 9.90 Å². The molecule has 160 valence electrons. The van der Waals surface area contributed by atoms with Crippen molar-refractivity contribution in [3.05, 3.63) is 70.8 Å². The van der Waals surface area contributed by atoms with Crippen LogP contribution in [0.4, 0.5) is 0 Å². The Morgan fingerprint density at radius 2 is 2.06 bits per heavy atom. The number of hydrogen-bond donors (Lipinski definition) is 2. The van der Waals surface area contributed by atoms with Crippen molar-refractivity contribution >= 4 is 23.2 Å². The van der Waals surface area contributed by atoms with Crippen LogP contribution >= 0.6 is 11.6 Å². The fraction of sp³-hybridized carbons (Fsp3) is 0.174. The smallest absolute Gasteiger partial charge is 0.270 e. The van der Waals surface area contributed by atoms with Crippen molar-refractivity contribution in [2.75, 3.05) is 6.54 Å². The standard InChI is InChI=1S/C23H19ClN6O2/c1-13-8-17(10-19(24)27-13)20-21(16-5-3-4-15(9-16)11-25)29-30-7-6-18(28-22(20)30)23(32)26-12-14(2)31/h3-10,14,31H,12H2,1-2H3,(H,26,32). The number of nitrogens with zero attached hydrogens (tertiary/aromatic N) is 5. The summed E-state index contributed by atoms with van der Waals surface area (Å²) in [5.74, 6) is -0.405. The lowest BCUT2D eigenvalue weighted by molar-refractivity contribution is 0.0919. The molecule has 0 fully saturated rings. The van der Waals surface area contributed by atoms with E-state index >= 15 is 0 Å². The number of fused-ring (bicyclic) bond motifs is 1. The number of aromatic nitrogens is 4. The van der Waals surface area contributed by atoms with E-state index in [1.165, 1.54) is 0 Å². The third kappa shape index (κ3) is 4.30. The number of pyridine rings is 1. The molecule has 3 heterocycles. The van der Waals surface area contributed by atoms with Crippen LogP contribution in [0.1, 0.15) is 28.7 Å². The number of amides is 1. The molecule has 0 aliphatic rings. The van der Waals surface area contributed by atoms with Gasteiger partial charge in [0, 0.05) is 24.0 Å². The number of halogens is 1. The zero-order valence-corrected chi connectivity index (χ0v) is 18.1. The molecule has 0 bridgehead atoms. The summed E-state index contributed by atoms with van der Waals surface area (Å²) in [7, 11) is 0. The van der Waals surface area contributed by atoms with E-state index in [-0.39, 0.29) is 12.2 Å². The number of aliphatic hydroxyl groups is 1. The van der Waals surface area contributed by atoms with Crippen molar-refractivity contribution in [3.63, 3.8) is 0 Å². The quantitative estimate of drug-likeness (QED) is 0.454. The van der Waals surface area contributed by atoms with Crippen molar-refractivity contribution in [1.29, 1.82) is 5.26 Å². The fourth-order valence-corrected chi connectivity index (χ4v) is 3.61. The van der Waals surface area contributed by atoms with E-state index in [9.17, 15) is 15.2 Å². The highest BCUT2D eigenvalue weighted by Gasteiger charge is 2.20. The minimum Gasteiger partial charge on any atom is -0.392 e. The summed E-state index contributed by atoms with van der Waals surface area (Å²) in [4.78, 5) is 21.3. The Morgan fingerprint density at radius 1 is 1.25 bits per heavy atom. The van der Waals surface area contributed by atoms with E-state index in [2.05, 4.69) is 26.5 Å². The van der Waals surface area contributed by atoms with Crippen LogP contribution in [0.3, 0.4) is 0 Å². The Morgan fingerprint density at radius 3 is 2.78 bits per heavy atom. The highest BCUT2D eigenvalue weighted by molar-refractivity contribution is 6.29. The van der Waals surface area contributed by atoms with E-state index in [0.29, 0.717) is 27.6 Å². The van der Waals surface area contributed by atoms with Gasteiger partial charge in [-0.2, -0.15) is 10.4 Å². The Bertz CT molecular complexity index is 1350. The number of nitrogens with one attached hydrogen (secondary N) is 1. The lowest BCUT2D eigenvalue weighted by atomic mass is 10.00. The van der Waals surface area contributed by atoms with Crippen LogP contribution in [-0.2, 0) is 0 Å². The molecule has 9 heteroatoms. The second-order valence-electron chi connectivity index (χ2n) is 7.38. The molecule has 1 atom stereocenters. The molecule has 4 rings (SSSR count). The van der Waals surface area contributed by atoms with Gasteiger partial charge in [0.2, 0.25) is 0 Å². The second kappa shape index (κ2) is 8.75. The number of benzene rings is 1. The van der Waals surface area contributed by atoms with E-state index in [4.69, 9.17) is 11.6 Å². The summed E-state index contributed by atoms with van der Waals surface area (Å²) in [5.41, 5.74) is 4.59. The van der Waals surface area contributed by atoms with Crippen LogP contribution in [0.25, 0.3) is 28.0 Å². The maximum absolute atomic E-state index is 12.5. The summed E-state index contributed by atoms with van der Waals surface area (Å²) in [6.45, 7) is 3.53. The van der Waals surface area contributed by atoms with Gasteiger partial charge in [0.25, 0.3) is 5.91 Å². The number of carbonyl (C=O) groups excluding carboxylic acids is 1. The molecule has 0 spiro atoms. The van der Waals surface area contributed by atoms with E-state index in [0.717, 1.165) is 16.8 Å². The van der Waals surface area contributed by atoms with Crippen molar-refractivity contribution in [2.24, 2.45) is 0 Å². The zero-order chi connectivity index (χ0) is 22.8. The van der Waals surface area contributed by atoms with Gasteiger partial charge < -0.3 is 10.4 Å². The number of carbonyl (C=O) groups is 1. The highest BCUT2D eigenvalue weighted by atomic mass is 35.5. The first-order valence-electron chi connectivity index (χ1n) is 9.86. The van der Waals surface area contributed by atoms with Gasteiger partial charge in [0.05, 0.1) is 23.3 Å². The molecule has 4 aromatic rings. The molecule has 8 nitrogen and oxygen atoms in total. The molecule has 32 heavy (non-hydrogen) atoms. The first-order valence-corrected chi connectivity index (χ1v) is 10.2. The summed E-state index contributed by atoms with van der Waals surface area (Å²) in [6.07, 6.45) is 0.977. The molecular formula is C23H19ClN6O2. The molecule has 0 aliphatic carbocycles. The lowest BCUT2D eigenvalue weighted by Gasteiger charge is -2.08. The van der Waals surface area contributed by atoms with E-state index < -0.39 is 12.0 Å². The van der Waals surface area contributed by atoms with Crippen LogP contribution in [0.15, 0.2) is 48.7 Å². The van der Waals surface area contributed by atoms with Gasteiger partial charge in [-0.25, -0.2) is 14.5 Å². The predicted molar refractivity (Wildman–Crippen MR) is 120 cm³/mol. The maximum Gasteiger partial charge on any atom is 0.270 e. The lowest BCUT2D eigenvalue weighted by Crippen LogP contribution is -2.31. The summed E-state index contributed by atoms with van der Waals surface area (Å²) in [5, 5.41) is 26.4. The fourth-order valence-electron chi connectivity index (χ4n) is 3.36. The molecule has 1 aromatic carbocycles. The van der Waals surface area contributed by atoms with Gasteiger partial charge in [-0.3, -0.25) is 4.79 Å². The summed E-state index contributed by atoms with van der Waals surface area (Å²) in [6, 6.07) is 14.4. The number of nitriles is 1.